The van der Waals surface area contributed by atoms with Crippen LogP contribution in [0.2, 0.25) is 0 Å². The number of piperidine rings is 1. The number of amides is 1. The SMILES string of the molecule is CC(C)[C@@](C)(C#N)NC(=O)CN1CCCC[C@H]1C. The van der Waals surface area contributed by atoms with E-state index in [9.17, 15) is 10.1 Å². The normalized spacial score (nSPS) is 24.3. The maximum Gasteiger partial charge on any atom is 0.235 e. The molecule has 1 aliphatic rings. The first-order valence-electron chi connectivity index (χ1n) is 6.85. The summed E-state index contributed by atoms with van der Waals surface area (Å²) in [6.07, 6.45) is 3.57. The van der Waals surface area contributed by atoms with Crippen molar-refractivity contribution in [2.45, 2.75) is 58.5 Å². The van der Waals surface area contributed by atoms with Crippen molar-refractivity contribution in [2.24, 2.45) is 5.92 Å². The van der Waals surface area contributed by atoms with Gasteiger partial charge in [-0.3, -0.25) is 9.69 Å². The highest BCUT2D eigenvalue weighted by Gasteiger charge is 2.31. The fourth-order valence-corrected chi connectivity index (χ4v) is 2.21. The van der Waals surface area contributed by atoms with Gasteiger partial charge < -0.3 is 5.32 Å². The molecule has 0 bridgehead atoms. The summed E-state index contributed by atoms with van der Waals surface area (Å²) < 4.78 is 0. The van der Waals surface area contributed by atoms with E-state index in [1.807, 2.05) is 13.8 Å². The van der Waals surface area contributed by atoms with Crippen molar-refractivity contribution in [3.05, 3.63) is 0 Å². The zero-order chi connectivity index (χ0) is 13.8. The highest BCUT2D eigenvalue weighted by molar-refractivity contribution is 5.79. The van der Waals surface area contributed by atoms with Gasteiger partial charge >= 0.3 is 0 Å². The summed E-state index contributed by atoms with van der Waals surface area (Å²) >= 11 is 0. The minimum Gasteiger partial charge on any atom is -0.337 e. The van der Waals surface area contributed by atoms with Gasteiger partial charge in [0.2, 0.25) is 5.91 Å². The topological polar surface area (TPSA) is 56.1 Å². The van der Waals surface area contributed by atoms with Gasteiger partial charge in [-0.15, -0.1) is 0 Å². The first-order chi connectivity index (χ1) is 8.39. The summed E-state index contributed by atoms with van der Waals surface area (Å²) in [6.45, 7) is 9.25. The van der Waals surface area contributed by atoms with Crippen molar-refractivity contribution in [3.8, 4) is 6.07 Å². The molecule has 0 spiro atoms. The molecule has 0 aromatic rings. The van der Waals surface area contributed by atoms with Gasteiger partial charge in [0.25, 0.3) is 0 Å². The van der Waals surface area contributed by atoms with E-state index >= 15 is 0 Å². The monoisotopic (exact) mass is 251 g/mol. The standard InChI is InChI=1S/C14H25N3O/c1-11(2)14(4,10-15)16-13(18)9-17-8-6-5-7-12(17)3/h11-12H,5-9H2,1-4H3,(H,16,18)/t12-,14-/m1/s1. The molecule has 4 heteroatoms. The lowest BCUT2D eigenvalue weighted by Crippen LogP contribution is -2.53. The fourth-order valence-electron chi connectivity index (χ4n) is 2.21. The van der Waals surface area contributed by atoms with Crippen LogP contribution in [0.3, 0.4) is 0 Å². The molecule has 1 saturated heterocycles. The predicted molar refractivity (Wildman–Crippen MR) is 71.9 cm³/mol. The molecule has 0 unspecified atom stereocenters. The Kier molecular flexibility index (Phi) is 5.15. The summed E-state index contributed by atoms with van der Waals surface area (Å²) in [7, 11) is 0. The maximum atomic E-state index is 12.0. The van der Waals surface area contributed by atoms with Gasteiger partial charge in [0.15, 0.2) is 0 Å². The number of nitrogens with one attached hydrogen (secondary N) is 1. The van der Waals surface area contributed by atoms with Gasteiger partial charge in [-0.05, 0) is 39.2 Å². The van der Waals surface area contributed by atoms with Crippen LogP contribution in [0.15, 0.2) is 0 Å². The number of nitrogens with zero attached hydrogens (tertiary/aromatic N) is 2. The van der Waals surface area contributed by atoms with Crippen molar-refractivity contribution < 1.29 is 4.79 Å². The van der Waals surface area contributed by atoms with Gasteiger partial charge in [0, 0.05) is 6.04 Å². The van der Waals surface area contributed by atoms with E-state index < -0.39 is 5.54 Å². The van der Waals surface area contributed by atoms with Crippen LogP contribution >= 0.6 is 0 Å². The Balaban J connectivity index is 2.53. The van der Waals surface area contributed by atoms with Crippen LogP contribution < -0.4 is 5.32 Å². The number of likely N-dealkylation sites (tertiary alicyclic amines) is 1. The number of rotatable bonds is 4. The number of carbonyl (C=O) groups is 1. The summed E-state index contributed by atoms with van der Waals surface area (Å²) in [5.74, 6) is 0.0618. The third-order valence-corrected chi connectivity index (χ3v) is 4.07. The Morgan fingerprint density at radius 3 is 2.72 bits per heavy atom. The molecule has 0 saturated carbocycles. The molecular weight excluding hydrogens is 226 g/mol. The molecule has 0 aromatic heterocycles. The Bertz CT molecular complexity index is 334. The highest BCUT2D eigenvalue weighted by Crippen LogP contribution is 2.17. The van der Waals surface area contributed by atoms with Crippen molar-refractivity contribution >= 4 is 5.91 Å². The molecule has 2 atom stereocenters. The van der Waals surface area contributed by atoms with Crippen molar-refractivity contribution in [1.82, 2.24) is 10.2 Å². The molecule has 1 N–H and O–H groups in total. The van der Waals surface area contributed by atoms with Crippen LogP contribution in [0.1, 0.15) is 47.0 Å². The third-order valence-electron chi connectivity index (χ3n) is 4.07. The van der Waals surface area contributed by atoms with Gasteiger partial charge in [0.05, 0.1) is 12.6 Å². The molecule has 102 valence electrons. The Hall–Kier alpha value is -1.08. The van der Waals surface area contributed by atoms with Gasteiger partial charge in [-0.25, -0.2) is 0 Å². The lowest BCUT2D eigenvalue weighted by Gasteiger charge is -2.34. The van der Waals surface area contributed by atoms with Crippen molar-refractivity contribution in [2.75, 3.05) is 13.1 Å². The smallest absolute Gasteiger partial charge is 0.235 e. The Labute approximate surface area is 110 Å². The van der Waals surface area contributed by atoms with Crippen molar-refractivity contribution in [3.63, 3.8) is 0 Å². The lowest BCUT2D eigenvalue weighted by molar-refractivity contribution is -0.124. The molecule has 1 fully saturated rings. The zero-order valence-electron chi connectivity index (χ0n) is 12.0. The van der Waals surface area contributed by atoms with E-state index in [1.54, 1.807) is 6.92 Å². The fraction of sp³-hybridized carbons (Fsp3) is 0.857. The molecule has 18 heavy (non-hydrogen) atoms. The molecular formula is C14H25N3O. The van der Waals surface area contributed by atoms with Crippen LogP contribution in [0, 0.1) is 17.2 Å². The lowest BCUT2D eigenvalue weighted by atomic mass is 9.90. The quantitative estimate of drug-likeness (QED) is 0.830. The first-order valence-corrected chi connectivity index (χ1v) is 6.85. The van der Waals surface area contributed by atoms with E-state index in [2.05, 4.69) is 23.2 Å². The average molecular weight is 251 g/mol. The highest BCUT2D eigenvalue weighted by atomic mass is 16.2. The van der Waals surface area contributed by atoms with E-state index in [1.165, 1.54) is 6.42 Å². The molecule has 1 heterocycles. The van der Waals surface area contributed by atoms with E-state index in [-0.39, 0.29) is 11.8 Å². The maximum absolute atomic E-state index is 12.0. The zero-order valence-corrected chi connectivity index (χ0v) is 12.0. The van der Waals surface area contributed by atoms with Crippen LogP contribution in [0.4, 0.5) is 0 Å². The second kappa shape index (κ2) is 6.19. The van der Waals surface area contributed by atoms with Gasteiger partial charge in [-0.2, -0.15) is 5.26 Å². The average Bonchev–Trinajstić information content (AvgIpc) is 2.31. The number of nitriles is 1. The van der Waals surface area contributed by atoms with Crippen LogP contribution in [0.5, 0.6) is 0 Å². The van der Waals surface area contributed by atoms with E-state index in [0.29, 0.717) is 12.6 Å². The Morgan fingerprint density at radius 1 is 1.56 bits per heavy atom. The Morgan fingerprint density at radius 2 is 2.22 bits per heavy atom. The largest absolute Gasteiger partial charge is 0.337 e. The summed E-state index contributed by atoms with van der Waals surface area (Å²) in [4.78, 5) is 14.2. The summed E-state index contributed by atoms with van der Waals surface area (Å²) in [5.41, 5.74) is -0.768. The minimum absolute atomic E-state index is 0.0403. The summed E-state index contributed by atoms with van der Waals surface area (Å²) in [5, 5.41) is 12.1. The second-order valence-corrected chi connectivity index (χ2v) is 5.83. The predicted octanol–water partition coefficient (Wildman–Crippen LogP) is 1.92. The van der Waals surface area contributed by atoms with E-state index in [4.69, 9.17) is 0 Å². The van der Waals surface area contributed by atoms with Gasteiger partial charge in [-0.1, -0.05) is 20.3 Å². The van der Waals surface area contributed by atoms with Crippen molar-refractivity contribution in [1.29, 1.82) is 5.26 Å². The molecule has 0 aromatic carbocycles. The minimum atomic E-state index is -0.768. The molecule has 0 aliphatic carbocycles. The first kappa shape index (κ1) is 15.0. The second-order valence-electron chi connectivity index (χ2n) is 5.83. The molecule has 1 amide bonds. The van der Waals surface area contributed by atoms with Crippen LogP contribution in [-0.4, -0.2) is 35.5 Å². The van der Waals surface area contributed by atoms with Crippen LogP contribution in [-0.2, 0) is 4.79 Å². The number of carbonyl (C=O) groups excluding carboxylic acids is 1. The van der Waals surface area contributed by atoms with E-state index in [0.717, 1.165) is 19.4 Å². The number of hydrogen-bond acceptors (Lipinski definition) is 3. The molecule has 1 rings (SSSR count). The molecule has 4 nitrogen and oxygen atoms in total. The molecule has 1 aliphatic heterocycles. The number of hydrogen-bond donors (Lipinski definition) is 1. The third kappa shape index (κ3) is 3.71. The molecule has 0 radical (unpaired) electrons. The summed E-state index contributed by atoms with van der Waals surface area (Å²) in [6, 6.07) is 2.68. The van der Waals surface area contributed by atoms with Gasteiger partial charge in [0.1, 0.15) is 5.54 Å². The van der Waals surface area contributed by atoms with Crippen LogP contribution in [0.25, 0.3) is 0 Å².